The molecule has 7 heteroatoms. The van der Waals surface area contributed by atoms with E-state index in [2.05, 4.69) is 10.6 Å². The summed E-state index contributed by atoms with van der Waals surface area (Å²) in [6.07, 6.45) is 0. The zero-order valence-electron chi connectivity index (χ0n) is 20.0. The van der Waals surface area contributed by atoms with Crippen LogP contribution < -0.4 is 20.1 Å². The van der Waals surface area contributed by atoms with Gasteiger partial charge in [-0.2, -0.15) is 0 Å². The fourth-order valence-corrected chi connectivity index (χ4v) is 4.03. The second-order valence-electron chi connectivity index (χ2n) is 8.29. The van der Waals surface area contributed by atoms with E-state index >= 15 is 0 Å². The maximum atomic E-state index is 13.2. The fourth-order valence-electron chi connectivity index (χ4n) is 4.03. The van der Waals surface area contributed by atoms with Crippen LogP contribution in [0.15, 0.2) is 84.1 Å². The van der Waals surface area contributed by atoms with Gasteiger partial charge in [-0.1, -0.05) is 72.3 Å². The highest BCUT2D eigenvalue weighted by molar-refractivity contribution is 5.95. The monoisotopic (exact) mass is 472 g/mol. The molecule has 1 aliphatic heterocycles. The van der Waals surface area contributed by atoms with E-state index in [1.807, 2.05) is 67.6 Å². The van der Waals surface area contributed by atoms with Crippen molar-refractivity contribution in [3.05, 3.63) is 106 Å². The molecule has 0 spiro atoms. The van der Waals surface area contributed by atoms with Crippen LogP contribution in [0, 0.1) is 6.92 Å². The van der Waals surface area contributed by atoms with Crippen molar-refractivity contribution < 1.29 is 23.8 Å². The number of benzene rings is 3. The maximum absolute atomic E-state index is 13.2. The Kier molecular flexibility index (Phi) is 7.35. The van der Waals surface area contributed by atoms with E-state index in [1.54, 1.807) is 26.2 Å². The van der Waals surface area contributed by atoms with Crippen molar-refractivity contribution in [2.45, 2.75) is 33.1 Å². The summed E-state index contributed by atoms with van der Waals surface area (Å²) in [5, 5.41) is 5.52. The molecule has 1 aliphatic rings. The number of hydrogen-bond donors (Lipinski definition) is 2. The van der Waals surface area contributed by atoms with Crippen LogP contribution in [0.2, 0.25) is 0 Å². The van der Waals surface area contributed by atoms with Crippen LogP contribution in [0.25, 0.3) is 0 Å². The van der Waals surface area contributed by atoms with E-state index in [1.165, 1.54) is 0 Å². The molecule has 0 radical (unpaired) electrons. The number of rotatable bonds is 8. The predicted octanol–water partition coefficient (Wildman–Crippen LogP) is 4.95. The van der Waals surface area contributed by atoms with Crippen LogP contribution in [-0.2, 0) is 22.7 Å². The first kappa shape index (κ1) is 23.9. The number of methoxy groups -OCH3 is 1. The normalized spacial score (nSPS) is 15.2. The van der Waals surface area contributed by atoms with E-state index < -0.39 is 18.0 Å². The van der Waals surface area contributed by atoms with Gasteiger partial charge in [-0.3, -0.25) is 0 Å². The lowest BCUT2D eigenvalue weighted by molar-refractivity contribution is -0.140. The molecule has 1 unspecified atom stereocenters. The third kappa shape index (κ3) is 5.63. The number of carbonyl (C=O) groups is 2. The molecule has 0 saturated carbocycles. The first-order valence-electron chi connectivity index (χ1n) is 11.3. The quantitative estimate of drug-likeness (QED) is 0.453. The second kappa shape index (κ2) is 10.8. The minimum absolute atomic E-state index is 0.117. The van der Waals surface area contributed by atoms with Crippen LogP contribution >= 0.6 is 0 Å². The molecule has 4 rings (SSSR count). The van der Waals surface area contributed by atoms with E-state index in [0.29, 0.717) is 34.9 Å². The number of hydrogen-bond acceptors (Lipinski definition) is 5. The van der Waals surface area contributed by atoms with Crippen LogP contribution in [0.3, 0.4) is 0 Å². The van der Waals surface area contributed by atoms with Crippen LogP contribution in [0.1, 0.15) is 35.2 Å². The molecule has 1 atom stereocenters. The van der Waals surface area contributed by atoms with Crippen molar-refractivity contribution >= 4 is 12.0 Å². The summed E-state index contributed by atoms with van der Waals surface area (Å²) < 4.78 is 17.4. The summed E-state index contributed by atoms with van der Waals surface area (Å²) >= 11 is 0. The lowest BCUT2D eigenvalue weighted by atomic mass is 9.94. The molecule has 0 saturated heterocycles. The Morgan fingerprint density at radius 3 is 2.40 bits per heavy atom. The average Bonchev–Trinajstić information content (AvgIpc) is 2.86. The predicted molar refractivity (Wildman–Crippen MR) is 132 cm³/mol. The van der Waals surface area contributed by atoms with Gasteiger partial charge in [-0.25, -0.2) is 9.59 Å². The Balaban J connectivity index is 1.65. The van der Waals surface area contributed by atoms with Crippen molar-refractivity contribution in [1.29, 1.82) is 0 Å². The number of nitrogens with one attached hydrogen (secondary N) is 2. The molecule has 2 N–H and O–H groups in total. The molecule has 7 nitrogen and oxygen atoms in total. The van der Waals surface area contributed by atoms with Gasteiger partial charge >= 0.3 is 12.0 Å². The number of urea groups is 1. The Morgan fingerprint density at radius 1 is 0.914 bits per heavy atom. The molecule has 35 heavy (non-hydrogen) atoms. The van der Waals surface area contributed by atoms with E-state index in [0.717, 1.165) is 16.7 Å². The summed E-state index contributed by atoms with van der Waals surface area (Å²) in [6, 6.07) is 21.6. The SMILES string of the molecule is COc1cccc(C2NC(=O)NC(C)=C2C(=O)OCc2ccccc2)c1OCc1cccc(C)c1. The number of esters is 1. The highest BCUT2D eigenvalue weighted by atomic mass is 16.5. The van der Waals surface area contributed by atoms with Gasteiger partial charge in [0.2, 0.25) is 0 Å². The van der Waals surface area contributed by atoms with Crippen molar-refractivity contribution in [3.63, 3.8) is 0 Å². The topological polar surface area (TPSA) is 85.9 Å². The Hall–Kier alpha value is -4.26. The zero-order valence-corrected chi connectivity index (χ0v) is 20.0. The van der Waals surface area contributed by atoms with E-state index in [9.17, 15) is 9.59 Å². The fraction of sp³-hybridized carbons (Fsp3) is 0.214. The lowest BCUT2D eigenvalue weighted by Gasteiger charge is -2.29. The molecule has 0 aliphatic carbocycles. The van der Waals surface area contributed by atoms with Gasteiger partial charge in [0, 0.05) is 11.3 Å². The number of ether oxygens (including phenoxy) is 3. The molecule has 2 amide bonds. The number of carbonyl (C=O) groups excluding carboxylic acids is 2. The third-order valence-electron chi connectivity index (χ3n) is 5.71. The van der Waals surface area contributed by atoms with Gasteiger partial charge in [0.25, 0.3) is 0 Å². The smallest absolute Gasteiger partial charge is 0.338 e. The first-order valence-corrected chi connectivity index (χ1v) is 11.3. The largest absolute Gasteiger partial charge is 0.493 e. The zero-order chi connectivity index (χ0) is 24.8. The summed E-state index contributed by atoms with van der Waals surface area (Å²) in [5.41, 5.74) is 4.30. The molecular weight excluding hydrogens is 444 g/mol. The highest BCUT2D eigenvalue weighted by Crippen LogP contribution is 2.39. The minimum atomic E-state index is -0.783. The standard InChI is InChI=1S/C28H28N2O5/c1-18-9-7-12-21(15-18)17-34-26-22(13-8-14-23(26)33-3)25-24(19(2)29-28(32)30-25)27(31)35-16-20-10-5-4-6-11-20/h4-15,25H,16-17H2,1-3H3,(H2,29,30,32). The molecule has 180 valence electrons. The number of para-hydroxylation sites is 1. The van der Waals surface area contributed by atoms with Gasteiger partial charge in [0.15, 0.2) is 11.5 Å². The Morgan fingerprint density at radius 2 is 1.66 bits per heavy atom. The van der Waals surface area contributed by atoms with Gasteiger partial charge in [-0.15, -0.1) is 0 Å². The minimum Gasteiger partial charge on any atom is -0.493 e. The average molecular weight is 473 g/mol. The van der Waals surface area contributed by atoms with Gasteiger partial charge < -0.3 is 24.8 Å². The summed E-state index contributed by atoms with van der Waals surface area (Å²) in [4.78, 5) is 25.6. The maximum Gasteiger partial charge on any atom is 0.338 e. The molecule has 0 bridgehead atoms. The van der Waals surface area contributed by atoms with Gasteiger partial charge in [0.05, 0.1) is 18.7 Å². The van der Waals surface area contributed by atoms with Gasteiger partial charge in [0.1, 0.15) is 13.2 Å². The molecule has 1 heterocycles. The highest BCUT2D eigenvalue weighted by Gasteiger charge is 2.35. The van der Waals surface area contributed by atoms with Crippen LogP contribution in [0.5, 0.6) is 11.5 Å². The van der Waals surface area contributed by atoms with E-state index in [-0.39, 0.29) is 6.61 Å². The Labute approximate surface area is 204 Å². The molecule has 0 fully saturated rings. The Bertz CT molecular complexity index is 1250. The van der Waals surface area contributed by atoms with Crippen LogP contribution in [0.4, 0.5) is 4.79 Å². The van der Waals surface area contributed by atoms with Crippen molar-refractivity contribution in [2.75, 3.05) is 7.11 Å². The lowest BCUT2D eigenvalue weighted by Crippen LogP contribution is -2.45. The van der Waals surface area contributed by atoms with Crippen molar-refractivity contribution in [1.82, 2.24) is 10.6 Å². The van der Waals surface area contributed by atoms with Crippen molar-refractivity contribution in [3.8, 4) is 11.5 Å². The molecule has 0 aromatic heterocycles. The summed E-state index contributed by atoms with van der Waals surface area (Å²) in [5.74, 6) is 0.416. The third-order valence-corrected chi connectivity index (χ3v) is 5.71. The summed E-state index contributed by atoms with van der Waals surface area (Å²) in [6.45, 7) is 4.11. The first-order chi connectivity index (χ1) is 17.0. The second-order valence-corrected chi connectivity index (χ2v) is 8.29. The molecule has 3 aromatic rings. The summed E-state index contributed by atoms with van der Waals surface area (Å²) in [7, 11) is 1.55. The van der Waals surface area contributed by atoms with E-state index in [4.69, 9.17) is 14.2 Å². The molecule has 3 aromatic carbocycles. The molecular formula is C28H28N2O5. The number of allylic oxidation sites excluding steroid dienone is 1. The van der Waals surface area contributed by atoms with Crippen molar-refractivity contribution in [2.24, 2.45) is 0 Å². The number of aryl methyl sites for hydroxylation is 1. The van der Waals surface area contributed by atoms with Gasteiger partial charge in [-0.05, 0) is 31.0 Å². The number of amides is 2. The van der Waals surface area contributed by atoms with Crippen LogP contribution in [-0.4, -0.2) is 19.1 Å².